The van der Waals surface area contributed by atoms with Crippen molar-refractivity contribution in [1.82, 2.24) is 0 Å². The van der Waals surface area contributed by atoms with E-state index >= 15 is 0 Å². The van der Waals surface area contributed by atoms with E-state index in [0.717, 1.165) is 11.3 Å². The fourth-order valence-corrected chi connectivity index (χ4v) is 2.17. The predicted molar refractivity (Wildman–Crippen MR) is 84.8 cm³/mol. The molecule has 0 atom stereocenters. The maximum atomic E-state index is 12.4. The standard InChI is InChI=1S/C16H14ClN3O/c1-10-3-6-15(19-2)13(7-10)16(21)20-12-5-4-11(9-18)14(17)8-12/h3-8,19H,1-2H3,(H,20,21). The number of hydrogen-bond acceptors (Lipinski definition) is 3. The smallest absolute Gasteiger partial charge is 0.257 e. The maximum Gasteiger partial charge on any atom is 0.257 e. The molecule has 2 aromatic rings. The molecule has 0 radical (unpaired) electrons. The topological polar surface area (TPSA) is 64.9 Å². The highest BCUT2D eigenvalue weighted by molar-refractivity contribution is 6.32. The first-order chi connectivity index (χ1) is 10.0. The van der Waals surface area contributed by atoms with Crippen LogP contribution < -0.4 is 10.6 Å². The van der Waals surface area contributed by atoms with Gasteiger partial charge in [0.25, 0.3) is 5.91 Å². The maximum absolute atomic E-state index is 12.4. The molecule has 0 heterocycles. The highest BCUT2D eigenvalue weighted by Gasteiger charge is 2.12. The van der Waals surface area contributed by atoms with Gasteiger partial charge >= 0.3 is 0 Å². The van der Waals surface area contributed by atoms with E-state index in [0.29, 0.717) is 21.8 Å². The van der Waals surface area contributed by atoms with Gasteiger partial charge in [-0.1, -0.05) is 23.2 Å². The van der Waals surface area contributed by atoms with E-state index in [1.54, 1.807) is 25.2 Å². The number of hydrogen-bond donors (Lipinski definition) is 2. The van der Waals surface area contributed by atoms with Crippen molar-refractivity contribution in [3.05, 3.63) is 58.1 Å². The summed E-state index contributed by atoms with van der Waals surface area (Å²) >= 11 is 5.96. The monoisotopic (exact) mass is 299 g/mol. The fraction of sp³-hybridized carbons (Fsp3) is 0.125. The summed E-state index contributed by atoms with van der Waals surface area (Å²) in [4.78, 5) is 12.4. The van der Waals surface area contributed by atoms with E-state index in [2.05, 4.69) is 10.6 Å². The number of nitrogens with zero attached hydrogens (tertiary/aromatic N) is 1. The van der Waals surface area contributed by atoms with Crippen LogP contribution in [0, 0.1) is 18.3 Å². The average molecular weight is 300 g/mol. The van der Waals surface area contributed by atoms with Gasteiger partial charge in [-0.2, -0.15) is 5.26 Å². The van der Waals surface area contributed by atoms with Gasteiger partial charge in [-0.25, -0.2) is 0 Å². The Morgan fingerprint density at radius 3 is 2.62 bits per heavy atom. The highest BCUT2D eigenvalue weighted by Crippen LogP contribution is 2.22. The van der Waals surface area contributed by atoms with Crippen LogP contribution in [0.15, 0.2) is 36.4 Å². The van der Waals surface area contributed by atoms with Crippen LogP contribution in [0.2, 0.25) is 5.02 Å². The number of nitriles is 1. The molecule has 2 aromatic carbocycles. The molecule has 106 valence electrons. The van der Waals surface area contributed by atoms with Crippen LogP contribution in [0.1, 0.15) is 21.5 Å². The molecule has 2 N–H and O–H groups in total. The van der Waals surface area contributed by atoms with E-state index in [-0.39, 0.29) is 5.91 Å². The van der Waals surface area contributed by atoms with Crippen molar-refractivity contribution in [2.45, 2.75) is 6.92 Å². The van der Waals surface area contributed by atoms with Gasteiger partial charge in [-0.05, 0) is 37.3 Å². The molecule has 0 unspecified atom stereocenters. The Hall–Kier alpha value is -2.51. The van der Waals surface area contributed by atoms with Crippen LogP contribution >= 0.6 is 11.6 Å². The fourth-order valence-electron chi connectivity index (χ4n) is 1.95. The van der Waals surface area contributed by atoms with Gasteiger partial charge in [-0.15, -0.1) is 0 Å². The molecular formula is C16H14ClN3O. The summed E-state index contributed by atoms with van der Waals surface area (Å²) in [5.74, 6) is -0.233. The van der Waals surface area contributed by atoms with Gasteiger partial charge in [0.05, 0.1) is 16.1 Å². The van der Waals surface area contributed by atoms with Crippen LogP contribution in [0.5, 0.6) is 0 Å². The van der Waals surface area contributed by atoms with Crippen molar-refractivity contribution in [2.24, 2.45) is 0 Å². The van der Waals surface area contributed by atoms with E-state index in [9.17, 15) is 4.79 Å². The van der Waals surface area contributed by atoms with E-state index in [4.69, 9.17) is 16.9 Å². The molecule has 4 nitrogen and oxygen atoms in total. The number of carbonyl (C=O) groups excluding carboxylic acids is 1. The molecule has 0 spiro atoms. The van der Waals surface area contributed by atoms with E-state index in [1.807, 2.05) is 31.2 Å². The molecule has 2 rings (SSSR count). The minimum absolute atomic E-state index is 0.233. The van der Waals surface area contributed by atoms with Crippen molar-refractivity contribution in [3.63, 3.8) is 0 Å². The summed E-state index contributed by atoms with van der Waals surface area (Å²) in [5.41, 5.74) is 3.22. The van der Waals surface area contributed by atoms with Crippen LogP contribution in [-0.2, 0) is 0 Å². The van der Waals surface area contributed by atoms with Gasteiger partial charge in [0.15, 0.2) is 0 Å². The summed E-state index contributed by atoms with van der Waals surface area (Å²) in [5, 5.41) is 14.9. The Kier molecular flexibility index (Phi) is 4.46. The Morgan fingerprint density at radius 1 is 1.24 bits per heavy atom. The molecule has 0 aromatic heterocycles. The van der Waals surface area contributed by atoms with Gasteiger partial charge in [0.2, 0.25) is 0 Å². The molecule has 0 fully saturated rings. The highest BCUT2D eigenvalue weighted by atomic mass is 35.5. The number of carbonyl (C=O) groups is 1. The summed E-state index contributed by atoms with van der Waals surface area (Å²) in [6, 6.07) is 12.4. The number of aryl methyl sites for hydroxylation is 1. The Bertz CT molecular complexity index is 735. The summed E-state index contributed by atoms with van der Waals surface area (Å²) in [7, 11) is 1.76. The molecular weight excluding hydrogens is 286 g/mol. The minimum Gasteiger partial charge on any atom is -0.387 e. The number of rotatable bonds is 3. The molecule has 0 aliphatic carbocycles. The van der Waals surface area contributed by atoms with Crippen molar-refractivity contribution < 1.29 is 4.79 Å². The zero-order valence-electron chi connectivity index (χ0n) is 11.7. The van der Waals surface area contributed by atoms with Gasteiger partial charge in [-0.3, -0.25) is 4.79 Å². The zero-order valence-corrected chi connectivity index (χ0v) is 12.5. The first-order valence-corrected chi connectivity index (χ1v) is 6.72. The largest absolute Gasteiger partial charge is 0.387 e. The van der Waals surface area contributed by atoms with Crippen LogP contribution in [-0.4, -0.2) is 13.0 Å². The molecule has 0 aliphatic rings. The van der Waals surface area contributed by atoms with Crippen molar-refractivity contribution in [1.29, 1.82) is 5.26 Å². The third kappa shape index (κ3) is 3.33. The third-order valence-electron chi connectivity index (χ3n) is 3.04. The lowest BCUT2D eigenvalue weighted by atomic mass is 10.1. The summed E-state index contributed by atoms with van der Waals surface area (Å²) in [6.07, 6.45) is 0. The van der Waals surface area contributed by atoms with Crippen LogP contribution in [0.4, 0.5) is 11.4 Å². The lowest BCUT2D eigenvalue weighted by Gasteiger charge is -2.11. The predicted octanol–water partition coefficient (Wildman–Crippen LogP) is 3.81. The molecule has 0 saturated carbocycles. The van der Waals surface area contributed by atoms with E-state index < -0.39 is 0 Å². The first-order valence-electron chi connectivity index (χ1n) is 6.34. The molecule has 5 heteroatoms. The minimum atomic E-state index is -0.233. The lowest BCUT2D eigenvalue weighted by Crippen LogP contribution is -2.14. The van der Waals surface area contributed by atoms with E-state index in [1.165, 1.54) is 0 Å². The SMILES string of the molecule is CNc1ccc(C)cc1C(=O)Nc1ccc(C#N)c(Cl)c1. The average Bonchev–Trinajstić information content (AvgIpc) is 2.47. The van der Waals surface area contributed by atoms with Crippen LogP contribution in [0.3, 0.4) is 0 Å². The normalized spacial score (nSPS) is 9.81. The van der Waals surface area contributed by atoms with Gasteiger partial charge in [0, 0.05) is 18.4 Å². The molecule has 21 heavy (non-hydrogen) atoms. The number of nitrogens with one attached hydrogen (secondary N) is 2. The summed E-state index contributed by atoms with van der Waals surface area (Å²) < 4.78 is 0. The Labute approximate surface area is 128 Å². The second-order valence-electron chi connectivity index (χ2n) is 4.56. The van der Waals surface area contributed by atoms with Crippen LogP contribution in [0.25, 0.3) is 0 Å². The van der Waals surface area contributed by atoms with Crippen molar-refractivity contribution in [3.8, 4) is 6.07 Å². The number of halogens is 1. The first kappa shape index (κ1) is 14.9. The van der Waals surface area contributed by atoms with Gasteiger partial charge < -0.3 is 10.6 Å². The molecule has 1 amide bonds. The molecule has 0 bridgehead atoms. The quantitative estimate of drug-likeness (QED) is 0.905. The lowest BCUT2D eigenvalue weighted by molar-refractivity contribution is 0.102. The number of benzene rings is 2. The Morgan fingerprint density at radius 2 is 2.00 bits per heavy atom. The molecule has 0 aliphatic heterocycles. The summed E-state index contributed by atoms with van der Waals surface area (Å²) in [6.45, 7) is 1.93. The van der Waals surface area contributed by atoms with Crippen molar-refractivity contribution in [2.75, 3.05) is 17.7 Å². The Balaban J connectivity index is 2.28. The number of anilines is 2. The number of amides is 1. The van der Waals surface area contributed by atoms with Gasteiger partial charge in [0.1, 0.15) is 6.07 Å². The third-order valence-corrected chi connectivity index (χ3v) is 3.35. The second kappa shape index (κ2) is 6.29. The molecule has 0 saturated heterocycles. The van der Waals surface area contributed by atoms with Crippen molar-refractivity contribution >= 4 is 28.9 Å². The zero-order chi connectivity index (χ0) is 15.4. The second-order valence-corrected chi connectivity index (χ2v) is 4.97.